The van der Waals surface area contributed by atoms with Gasteiger partial charge in [0.05, 0.1) is 25.0 Å². The van der Waals surface area contributed by atoms with Gasteiger partial charge in [-0.3, -0.25) is 4.90 Å². The van der Waals surface area contributed by atoms with Gasteiger partial charge >= 0.3 is 0 Å². The molecule has 0 aliphatic carbocycles. The van der Waals surface area contributed by atoms with Crippen LogP contribution in [0.15, 0.2) is 22.8 Å². The summed E-state index contributed by atoms with van der Waals surface area (Å²) in [6.45, 7) is 2.19. The lowest BCUT2D eigenvalue weighted by Gasteiger charge is -2.37. The molecule has 2 unspecified atom stereocenters. The zero-order chi connectivity index (χ0) is 9.97. The SMILES string of the molecule is CN1CCOC(CN)C1c1ccco1. The summed E-state index contributed by atoms with van der Waals surface area (Å²) in [5, 5.41) is 0. The quantitative estimate of drug-likeness (QED) is 0.753. The zero-order valence-corrected chi connectivity index (χ0v) is 8.35. The topological polar surface area (TPSA) is 51.6 Å². The molecular weight excluding hydrogens is 180 g/mol. The molecule has 2 atom stereocenters. The van der Waals surface area contributed by atoms with Gasteiger partial charge in [0.25, 0.3) is 0 Å². The summed E-state index contributed by atoms with van der Waals surface area (Å²) >= 11 is 0. The number of ether oxygens (including phenoxy) is 1. The van der Waals surface area contributed by atoms with Crippen molar-refractivity contribution in [1.29, 1.82) is 0 Å². The number of furan rings is 1. The number of morpholine rings is 1. The highest BCUT2D eigenvalue weighted by atomic mass is 16.5. The van der Waals surface area contributed by atoms with Gasteiger partial charge in [-0.15, -0.1) is 0 Å². The van der Waals surface area contributed by atoms with Crippen molar-refractivity contribution in [1.82, 2.24) is 4.90 Å². The molecule has 78 valence electrons. The normalized spacial score (nSPS) is 29.3. The molecular formula is C10H16N2O2. The third-order valence-corrected chi connectivity index (χ3v) is 2.67. The smallest absolute Gasteiger partial charge is 0.123 e. The lowest BCUT2D eigenvalue weighted by Crippen LogP contribution is -2.46. The Labute approximate surface area is 83.6 Å². The van der Waals surface area contributed by atoms with E-state index in [4.69, 9.17) is 14.9 Å². The number of hydrogen-bond donors (Lipinski definition) is 1. The second kappa shape index (κ2) is 4.13. The van der Waals surface area contributed by atoms with Crippen molar-refractivity contribution in [2.45, 2.75) is 12.1 Å². The Hall–Kier alpha value is -0.840. The van der Waals surface area contributed by atoms with Gasteiger partial charge in [-0.2, -0.15) is 0 Å². The van der Waals surface area contributed by atoms with Crippen LogP contribution in [0.5, 0.6) is 0 Å². The van der Waals surface area contributed by atoms with Crippen LogP contribution in [0.3, 0.4) is 0 Å². The molecule has 1 aromatic rings. The molecule has 1 aliphatic heterocycles. The molecule has 4 heteroatoms. The predicted octanol–water partition coefficient (Wildman–Crippen LogP) is 0.610. The average molecular weight is 196 g/mol. The van der Waals surface area contributed by atoms with Crippen LogP contribution in [-0.2, 0) is 4.74 Å². The van der Waals surface area contributed by atoms with Crippen LogP contribution in [0, 0.1) is 0 Å². The fourth-order valence-corrected chi connectivity index (χ4v) is 1.92. The van der Waals surface area contributed by atoms with Crippen molar-refractivity contribution in [3.63, 3.8) is 0 Å². The fourth-order valence-electron chi connectivity index (χ4n) is 1.92. The molecule has 1 fully saturated rings. The summed E-state index contributed by atoms with van der Waals surface area (Å²) in [5.74, 6) is 0.933. The molecule has 2 rings (SSSR count). The Morgan fingerprint density at radius 2 is 2.50 bits per heavy atom. The molecule has 1 saturated heterocycles. The molecule has 14 heavy (non-hydrogen) atoms. The van der Waals surface area contributed by atoms with E-state index in [0.717, 1.165) is 18.9 Å². The molecule has 4 nitrogen and oxygen atoms in total. The van der Waals surface area contributed by atoms with Crippen LogP contribution >= 0.6 is 0 Å². The highest BCUT2D eigenvalue weighted by molar-refractivity contribution is 5.08. The molecule has 0 amide bonds. The van der Waals surface area contributed by atoms with Gasteiger partial charge in [0.15, 0.2) is 0 Å². The van der Waals surface area contributed by atoms with E-state index in [9.17, 15) is 0 Å². The summed E-state index contributed by atoms with van der Waals surface area (Å²) in [4.78, 5) is 2.22. The lowest BCUT2D eigenvalue weighted by molar-refractivity contribution is -0.0640. The van der Waals surface area contributed by atoms with Gasteiger partial charge in [-0.1, -0.05) is 0 Å². The molecule has 0 bridgehead atoms. The van der Waals surface area contributed by atoms with E-state index in [1.807, 2.05) is 12.1 Å². The molecule has 0 spiro atoms. The maximum atomic E-state index is 5.67. The van der Waals surface area contributed by atoms with Gasteiger partial charge in [-0.05, 0) is 19.2 Å². The predicted molar refractivity (Wildman–Crippen MR) is 52.9 cm³/mol. The van der Waals surface area contributed by atoms with Crippen LogP contribution in [0.2, 0.25) is 0 Å². The Balaban J connectivity index is 2.19. The minimum Gasteiger partial charge on any atom is -0.468 e. The average Bonchev–Trinajstić information content (AvgIpc) is 2.70. The van der Waals surface area contributed by atoms with Crippen LogP contribution in [-0.4, -0.2) is 37.7 Å². The summed E-state index contributed by atoms with van der Waals surface area (Å²) in [5.41, 5.74) is 5.67. The summed E-state index contributed by atoms with van der Waals surface area (Å²) < 4.78 is 11.0. The maximum Gasteiger partial charge on any atom is 0.123 e. The third kappa shape index (κ3) is 1.68. The van der Waals surface area contributed by atoms with Crippen LogP contribution < -0.4 is 5.73 Å². The van der Waals surface area contributed by atoms with Crippen LogP contribution in [0.25, 0.3) is 0 Å². The summed E-state index contributed by atoms with van der Waals surface area (Å²) in [7, 11) is 2.07. The van der Waals surface area contributed by atoms with Crippen LogP contribution in [0.4, 0.5) is 0 Å². The summed E-state index contributed by atoms with van der Waals surface area (Å²) in [6, 6.07) is 4.02. The van der Waals surface area contributed by atoms with Gasteiger partial charge < -0.3 is 14.9 Å². The first-order chi connectivity index (χ1) is 6.83. The number of rotatable bonds is 2. The number of hydrogen-bond acceptors (Lipinski definition) is 4. The Morgan fingerprint density at radius 1 is 1.64 bits per heavy atom. The van der Waals surface area contributed by atoms with E-state index in [1.165, 1.54) is 0 Å². The van der Waals surface area contributed by atoms with Gasteiger partial charge in [-0.25, -0.2) is 0 Å². The zero-order valence-electron chi connectivity index (χ0n) is 8.35. The molecule has 2 N–H and O–H groups in total. The van der Waals surface area contributed by atoms with E-state index >= 15 is 0 Å². The van der Waals surface area contributed by atoms with E-state index in [0.29, 0.717) is 6.54 Å². The summed E-state index contributed by atoms with van der Waals surface area (Å²) in [6.07, 6.45) is 1.73. The molecule has 0 radical (unpaired) electrons. The fraction of sp³-hybridized carbons (Fsp3) is 0.600. The molecule has 2 heterocycles. The first kappa shape index (κ1) is 9.71. The largest absolute Gasteiger partial charge is 0.468 e. The lowest BCUT2D eigenvalue weighted by atomic mass is 10.1. The molecule has 0 saturated carbocycles. The molecule has 1 aliphatic rings. The second-order valence-corrected chi connectivity index (χ2v) is 3.59. The van der Waals surface area contributed by atoms with Crippen molar-refractivity contribution in [2.24, 2.45) is 5.73 Å². The molecule has 1 aromatic heterocycles. The van der Waals surface area contributed by atoms with E-state index in [1.54, 1.807) is 6.26 Å². The third-order valence-electron chi connectivity index (χ3n) is 2.67. The first-order valence-corrected chi connectivity index (χ1v) is 4.88. The van der Waals surface area contributed by atoms with Crippen molar-refractivity contribution in [3.8, 4) is 0 Å². The highest BCUT2D eigenvalue weighted by Crippen LogP contribution is 2.27. The van der Waals surface area contributed by atoms with Gasteiger partial charge in [0.1, 0.15) is 5.76 Å². The van der Waals surface area contributed by atoms with Crippen LogP contribution in [0.1, 0.15) is 11.8 Å². The number of nitrogens with two attached hydrogens (primary N) is 1. The van der Waals surface area contributed by atoms with Gasteiger partial charge in [0, 0.05) is 13.1 Å². The maximum absolute atomic E-state index is 5.67. The molecule has 0 aromatic carbocycles. The first-order valence-electron chi connectivity index (χ1n) is 4.88. The Morgan fingerprint density at radius 3 is 3.14 bits per heavy atom. The Bertz CT molecular complexity index is 274. The monoisotopic (exact) mass is 196 g/mol. The minimum absolute atomic E-state index is 0.0416. The van der Waals surface area contributed by atoms with Gasteiger partial charge in [0.2, 0.25) is 0 Å². The van der Waals surface area contributed by atoms with Crippen molar-refractivity contribution < 1.29 is 9.15 Å². The van der Waals surface area contributed by atoms with E-state index in [2.05, 4.69) is 11.9 Å². The highest BCUT2D eigenvalue weighted by Gasteiger charge is 2.32. The standard InChI is InChI=1S/C10H16N2O2/c1-12-4-6-14-9(7-11)10(12)8-3-2-5-13-8/h2-3,5,9-10H,4,6-7,11H2,1H3. The number of likely N-dealkylation sites (N-methyl/N-ethyl adjacent to an activating group) is 1. The second-order valence-electron chi connectivity index (χ2n) is 3.59. The van der Waals surface area contributed by atoms with Crippen molar-refractivity contribution in [3.05, 3.63) is 24.2 Å². The van der Waals surface area contributed by atoms with E-state index < -0.39 is 0 Å². The van der Waals surface area contributed by atoms with Crippen molar-refractivity contribution in [2.75, 3.05) is 26.7 Å². The Kier molecular flexibility index (Phi) is 2.86. The number of nitrogens with zero attached hydrogens (tertiary/aromatic N) is 1. The van der Waals surface area contributed by atoms with E-state index in [-0.39, 0.29) is 12.1 Å². The minimum atomic E-state index is 0.0416. The van der Waals surface area contributed by atoms with Crippen molar-refractivity contribution >= 4 is 0 Å².